The highest BCUT2D eigenvalue weighted by atomic mass is 32.1. The molecule has 0 amide bonds. The van der Waals surface area contributed by atoms with Crippen LogP contribution in [0.2, 0.25) is 0 Å². The van der Waals surface area contributed by atoms with Crippen LogP contribution in [-0.2, 0) is 11.3 Å². The normalized spacial score (nSPS) is 11.1. The van der Waals surface area contributed by atoms with Crippen LogP contribution in [0.3, 0.4) is 0 Å². The van der Waals surface area contributed by atoms with E-state index in [1.54, 1.807) is 36.0 Å². The van der Waals surface area contributed by atoms with Crippen molar-refractivity contribution in [1.82, 2.24) is 14.4 Å². The third-order valence-electron chi connectivity index (χ3n) is 3.78. The van der Waals surface area contributed by atoms with Gasteiger partial charge in [-0.3, -0.25) is 9.20 Å². The van der Waals surface area contributed by atoms with Crippen LogP contribution in [0.15, 0.2) is 52.9 Å². The number of rotatable bonds is 3. The van der Waals surface area contributed by atoms with Gasteiger partial charge in [0.2, 0.25) is 0 Å². The minimum atomic E-state index is -0.457. The largest absolute Gasteiger partial charge is 0.456 e. The first-order valence-electron chi connectivity index (χ1n) is 7.59. The van der Waals surface area contributed by atoms with E-state index in [4.69, 9.17) is 4.74 Å². The van der Waals surface area contributed by atoms with Gasteiger partial charge in [-0.2, -0.15) is 0 Å². The highest BCUT2D eigenvalue weighted by molar-refractivity contribution is 7.16. The number of ether oxygens (including phenoxy) is 1. The number of fused-ring (bicyclic) bond motifs is 2. The van der Waals surface area contributed by atoms with Gasteiger partial charge >= 0.3 is 5.97 Å². The van der Waals surface area contributed by atoms with Crippen LogP contribution in [0.5, 0.6) is 0 Å². The molecule has 3 aromatic heterocycles. The molecule has 1 aromatic carbocycles. The molecule has 0 saturated carbocycles. The molecule has 3 heterocycles. The van der Waals surface area contributed by atoms with Crippen LogP contribution in [0.25, 0.3) is 15.9 Å². The fraction of sp³-hybridized carbons (Fsp3) is 0.111. The van der Waals surface area contributed by atoms with Gasteiger partial charge in [-0.25, -0.2) is 14.8 Å². The van der Waals surface area contributed by atoms with Crippen LogP contribution in [-0.4, -0.2) is 20.3 Å². The SMILES string of the molecule is Cc1ccc2nc(COC(=O)c3ccc4ncsc4c3)cc(=O)n2c1. The lowest BCUT2D eigenvalue weighted by Gasteiger charge is -2.06. The fourth-order valence-corrected chi connectivity index (χ4v) is 3.25. The van der Waals surface area contributed by atoms with Crippen molar-refractivity contribution in [3.8, 4) is 0 Å². The maximum Gasteiger partial charge on any atom is 0.338 e. The number of hydrogen-bond donors (Lipinski definition) is 0. The predicted molar refractivity (Wildman–Crippen MR) is 94.9 cm³/mol. The molecule has 0 unspecified atom stereocenters. The zero-order valence-electron chi connectivity index (χ0n) is 13.3. The Morgan fingerprint density at radius 2 is 2.12 bits per heavy atom. The Bertz CT molecular complexity index is 1160. The molecule has 25 heavy (non-hydrogen) atoms. The molecule has 0 bridgehead atoms. The van der Waals surface area contributed by atoms with Crippen LogP contribution in [0.1, 0.15) is 21.6 Å². The molecule has 0 atom stereocenters. The molecule has 0 radical (unpaired) electrons. The van der Waals surface area contributed by atoms with E-state index in [1.165, 1.54) is 21.8 Å². The summed E-state index contributed by atoms with van der Waals surface area (Å²) >= 11 is 1.46. The van der Waals surface area contributed by atoms with Gasteiger partial charge in [0.15, 0.2) is 0 Å². The van der Waals surface area contributed by atoms with E-state index in [0.29, 0.717) is 16.9 Å². The fourth-order valence-electron chi connectivity index (χ4n) is 2.54. The quantitative estimate of drug-likeness (QED) is 0.531. The highest BCUT2D eigenvalue weighted by Gasteiger charge is 2.11. The van der Waals surface area contributed by atoms with Gasteiger partial charge in [0.1, 0.15) is 12.3 Å². The third-order valence-corrected chi connectivity index (χ3v) is 4.57. The Kier molecular flexibility index (Phi) is 3.77. The monoisotopic (exact) mass is 351 g/mol. The van der Waals surface area contributed by atoms with Crippen LogP contribution < -0.4 is 5.56 Å². The molecule has 0 aliphatic carbocycles. The van der Waals surface area contributed by atoms with E-state index < -0.39 is 5.97 Å². The second-order valence-corrected chi connectivity index (χ2v) is 6.52. The zero-order chi connectivity index (χ0) is 17.4. The number of benzene rings is 1. The second kappa shape index (κ2) is 6.10. The molecule has 4 rings (SSSR count). The lowest BCUT2D eigenvalue weighted by atomic mass is 10.2. The number of aromatic nitrogens is 3. The molecule has 7 heteroatoms. The van der Waals surface area contributed by atoms with E-state index >= 15 is 0 Å². The summed E-state index contributed by atoms with van der Waals surface area (Å²) in [5, 5.41) is 0. The van der Waals surface area contributed by atoms with Crippen molar-refractivity contribution < 1.29 is 9.53 Å². The summed E-state index contributed by atoms with van der Waals surface area (Å²) in [7, 11) is 0. The first-order chi connectivity index (χ1) is 12.1. The summed E-state index contributed by atoms with van der Waals surface area (Å²) in [6.45, 7) is 1.85. The van der Waals surface area contributed by atoms with Crippen LogP contribution in [0.4, 0.5) is 0 Å². The number of pyridine rings is 1. The molecule has 124 valence electrons. The molecule has 0 saturated heterocycles. The number of nitrogens with zero attached hydrogens (tertiary/aromatic N) is 3. The van der Waals surface area contributed by atoms with Crippen molar-refractivity contribution in [2.45, 2.75) is 13.5 Å². The summed E-state index contributed by atoms with van der Waals surface area (Å²) < 4.78 is 7.70. The van der Waals surface area contributed by atoms with Crippen LogP contribution >= 0.6 is 11.3 Å². The Labute approximate surface area is 146 Å². The molecule has 0 fully saturated rings. The summed E-state index contributed by atoms with van der Waals surface area (Å²) in [5.41, 5.74) is 4.73. The third kappa shape index (κ3) is 3.01. The lowest BCUT2D eigenvalue weighted by Crippen LogP contribution is -2.16. The number of aryl methyl sites for hydroxylation is 1. The Morgan fingerprint density at radius 3 is 3.00 bits per heavy atom. The summed E-state index contributed by atoms with van der Waals surface area (Å²) in [4.78, 5) is 32.9. The standard InChI is InChI=1S/C18H13N3O3S/c1-11-2-5-16-20-13(7-17(22)21(16)8-11)9-24-18(23)12-3-4-14-15(6-12)25-10-19-14/h2-8,10H,9H2,1H3. The number of carbonyl (C=O) groups is 1. The topological polar surface area (TPSA) is 73.6 Å². The molecule has 6 nitrogen and oxygen atoms in total. The van der Waals surface area contributed by atoms with Gasteiger partial charge in [0, 0.05) is 12.3 Å². The Hall–Kier alpha value is -3.06. The Morgan fingerprint density at radius 1 is 1.24 bits per heavy atom. The van der Waals surface area contributed by atoms with Gasteiger partial charge in [0.25, 0.3) is 5.56 Å². The van der Waals surface area contributed by atoms with Crippen LogP contribution in [0, 0.1) is 6.92 Å². The summed E-state index contributed by atoms with van der Waals surface area (Å²) in [6.07, 6.45) is 1.73. The van der Waals surface area contributed by atoms with Crippen molar-refractivity contribution in [2.75, 3.05) is 0 Å². The van der Waals surface area contributed by atoms with Gasteiger partial charge in [0.05, 0.1) is 27.0 Å². The molecule has 0 aliphatic rings. The number of carbonyl (C=O) groups excluding carboxylic acids is 1. The van der Waals surface area contributed by atoms with Crippen molar-refractivity contribution in [1.29, 1.82) is 0 Å². The molecule has 0 spiro atoms. The summed E-state index contributed by atoms with van der Waals surface area (Å²) in [6, 6.07) is 10.2. The summed E-state index contributed by atoms with van der Waals surface area (Å²) in [5.74, 6) is -0.457. The van der Waals surface area contributed by atoms with E-state index in [-0.39, 0.29) is 12.2 Å². The lowest BCUT2D eigenvalue weighted by molar-refractivity contribution is 0.0468. The number of thiazole rings is 1. The predicted octanol–water partition coefficient (Wildman–Crippen LogP) is 2.97. The molecular weight excluding hydrogens is 338 g/mol. The first-order valence-corrected chi connectivity index (χ1v) is 8.47. The van der Waals surface area contributed by atoms with Crippen molar-refractivity contribution >= 4 is 33.2 Å². The molecule has 4 aromatic rings. The van der Waals surface area contributed by atoms with Crippen molar-refractivity contribution in [2.24, 2.45) is 0 Å². The van der Waals surface area contributed by atoms with Gasteiger partial charge in [-0.1, -0.05) is 6.07 Å². The first kappa shape index (κ1) is 15.5. The maximum atomic E-state index is 12.2. The smallest absolute Gasteiger partial charge is 0.338 e. The maximum absolute atomic E-state index is 12.2. The van der Waals surface area contributed by atoms with Gasteiger partial charge < -0.3 is 4.74 Å². The Balaban J connectivity index is 1.56. The van der Waals surface area contributed by atoms with E-state index in [2.05, 4.69) is 9.97 Å². The molecule has 0 aliphatic heterocycles. The average molecular weight is 351 g/mol. The minimum absolute atomic E-state index is 0.0564. The highest BCUT2D eigenvalue weighted by Crippen LogP contribution is 2.19. The van der Waals surface area contributed by atoms with Gasteiger partial charge in [-0.05, 0) is 36.8 Å². The van der Waals surface area contributed by atoms with Gasteiger partial charge in [-0.15, -0.1) is 11.3 Å². The second-order valence-electron chi connectivity index (χ2n) is 5.63. The van der Waals surface area contributed by atoms with Crippen molar-refractivity contribution in [3.63, 3.8) is 0 Å². The van der Waals surface area contributed by atoms with E-state index in [0.717, 1.165) is 15.8 Å². The number of hydrogen-bond acceptors (Lipinski definition) is 6. The zero-order valence-corrected chi connectivity index (χ0v) is 14.1. The molecule has 0 N–H and O–H groups in total. The number of esters is 1. The molecular formula is C18H13N3O3S. The van der Waals surface area contributed by atoms with E-state index in [1.807, 2.05) is 13.0 Å². The average Bonchev–Trinajstić information content (AvgIpc) is 3.08. The minimum Gasteiger partial charge on any atom is -0.456 e. The van der Waals surface area contributed by atoms with E-state index in [9.17, 15) is 9.59 Å². The van der Waals surface area contributed by atoms with Crippen molar-refractivity contribution in [3.05, 3.63) is 75.3 Å².